The van der Waals surface area contributed by atoms with E-state index in [-0.39, 0.29) is 0 Å². The number of oxazole rings is 1. The molecule has 0 unspecified atom stereocenters. The highest BCUT2D eigenvalue weighted by molar-refractivity contribution is 7.89. The molecule has 5 nitrogen and oxygen atoms in total. The molecule has 0 aliphatic carbocycles. The largest absolute Gasteiger partial charge is 0.441 e. The number of rotatable bonds is 3. The van der Waals surface area contributed by atoms with E-state index in [1.807, 2.05) is 0 Å². The van der Waals surface area contributed by atoms with Gasteiger partial charge in [-0.05, 0) is 37.1 Å². The summed E-state index contributed by atoms with van der Waals surface area (Å²) in [4.78, 5) is 4.37. The van der Waals surface area contributed by atoms with Crippen molar-refractivity contribution in [3.05, 3.63) is 36.4 Å². The van der Waals surface area contributed by atoms with Gasteiger partial charge in [-0.1, -0.05) is 0 Å². The third-order valence-corrected chi connectivity index (χ3v) is 5.38. The van der Waals surface area contributed by atoms with Crippen molar-refractivity contribution < 1.29 is 12.8 Å². The minimum atomic E-state index is -3.35. The third kappa shape index (κ3) is 2.36. The number of aromatic nitrogens is 1. The standard InChI is InChI=1S/C14H16N2O3S/c1-11-15-10-14(19-11)12-4-6-13(7-5-12)20(17,18)16-8-2-3-9-16/h4-7,10H,2-3,8-9H2,1H3. The highest BCUT2D eigenvalue weighted by atomic mass is 32.2. The van der Waals surface area contributed by atoms with E-state index in [4.69, 9.17) is 4.42 Å². The van der Waals surface area contributed by atoms with Gasteiger partial charge in [0.25, 0.3) is 0 Å². The number of sulfonamides is 1. The van der Waals surface area contributed by atoms with Crippen LogP contribution in [0.1, 0.15) is 18.7 Å². The van der Waals surface area contributed by atoms with Crippen LogP contribution in [0.5, 0.6) is 0 Å². The molecule has 106 valence electrons. The summed E-state index contributed by atoms with van der Waals surface area (Å²) in [6.45, 7) is 3.01. The number of aryl methyl sites for hydroxylation is 1. The molecule has 3 rings (SSSR count). The minimum absolute atomic E-state index is 0.333. The predicted octanol–water partition coefficient (Wildman–Crippen LogP) is 2.43. The number of hydrogen-bond donors (Lipinski definition) is 0. The predicted molar refractivity (Wildman–Crippen MR) is 74.7 cm³/mol. The van der Waals surface area contributed by atoms with Gasteiger partial charge in [0.15, 0.2) is 11.7 Å². The molecular formula is C14H16N2O3S. The maximum absolute atomic E-state index is 12.4. The molecular weight excluding hydrogens is 276 g/mol. The lowest BCUT2D eigenvalue weighted by Crippen LogP contribution is -2.27. The van der Waals surface area contributed by atoms with Crippen LogP contribution in [-0.2, 0) is 10.0 Å². The molecule has 1 aromatic heterocycles. The van der Waals surface area contributed by atoms with E-state index >= 15 is 0 Å². The zero-order valence-corrected chi connectivity index (χ0v) is 12.1. The number of nitrogens with zero attached hydrogens (tertiary/aromatic N) is 2. The summed E-state index contributed by atoms with van der Waals surface area (Å²) in [6, 6.07) is 6.76. The Balaban J connectivity index is 1.89. The van der Waals surface area contributed by atoms with Crippen molar-refractivity contribution in [2.75, 3.05) is 13.1 Å². The lowest BCUT2D eigenvalue weighted by atomic mass is 10.2. The summed E-state index contributed by atoms with van der Waals surface area (Å²) in [5, 5.41) is 0. The van der Waals surface area contributed by atoms with Crippen molar-refractivity contribution in [1.82, 2.24) is 9.29 Å². The van der Waals surface area contributed by atoms with Gasteiger partial charge in [-0.2, -0.15) is 4.31 Å². The molecule has 2 heterocycles. The fourth-order valence-corrected chi connectivity index (χ4v) is 3.88. The van der Waals surface area contributed by atoms with Crippen LogP contribution in [0, 0.1) is 6.92 Å². The zero-order valence-electron chi connectivity index (χ0n) is 11.2. The average molecular weight is 292 g/mol. The quantitative estimate of drug-likeness (QED) is 0.871. The molecule has 2 aromatic rings. The molecule has 0 atom stereocenters. The van der Waals surface area contributed by atoms with Gasteiger partial charge >= 0.3 is 0 Å². The van der Waals surface area contributed by atoms with Crippen LogP contribution in [0.3, 0.4) is 0 Å². The highest BCUT2D eigenvalue weighted by Gasteiger charge is 2.26. The molecule has 1 aromatic carbocycles. The van der Waals surface area contributed by atoms with Crippen LogP contribution in [-0.4, -0.2) is 30.8 Å². The number of benzene rings is 1. The van der Waals surface area contributed by atoms with Crippen LogP contribution in [0.15, 0.2) is 39.8 Å². The second-order valence-corrected chi connectivity index (χ2v) is 6.82. The topological polar surface area (TPSA) is 63.4 Å². The molecule has 1 aliphatic rings. The van der Waals surface area contributed by atoms with Gasteiger partial charge in [-0.3, -0.25) is 0 Å². The van der Waals surface area contributed by atoms with Crippen molar-refractivity contribution in [3.8, 4) is 11.3 Å². The van der Waals surface area contributed by atoms with Crippen molar-refractivity contribution in [3.63, 3.8) is 0 Å². The third-order valence-electron chi connectivity index (χ3n) is 3.46. The fourth-order valence-electron chi connectivity index (χ4n) is 2.36. The minimum Gasteiger partial charge on any atom is -0.441 e. The van der Waals surface area contributed by atoms with E-state index in [1.165, 1.54) is 0 Å². The normalized spacial score (nSPS) is 16.6. The van der Waals surface area contributed by atoms with E-state index in [9.17, 15) is 8.42 Å². The maximum atomic E-state index is 12.4. The molecule has 1 aliphatic heterocycles. The maximum Gasteiger partial charge on any atom is 0.243 e. The smallest absolute Gasteiger partial charge is 0.243 e. The number of hydrogen-bond acceptors (Lipinski definition) is 4. The fraction of sp³-hybridized carbons (Fsp3) is 0.357. The Morgan fingerprint density at radius 2 is 1.80 bits per heavy atom. The van der Waals surface area contributed by atoms with Crippen molar-refractivity contribution in [1.29, 1.82) is 0 Å². The first-order chi connectivity index (χ1) is 9.57. The summed E-state index contributed by atoms with van der Waals surface area (Å²) >= 11 is 0. The monoisotopic (exact) mass is 292 g/mol. The zero-order chi connectivity index (χ0) is 14.2. The molecule has 0 N–H and O–H groups in total. The van der Waals surface area contributed by atoms with E-state index in [2.05, 4.69) is 4.98 Å². The summed E-state index contributed by atoms with van der Waals surface area (Å²) in [5.41, 5.74) is 0.825. The van der Waals surface area contributed by atoms with Crippen LogP contribution < -0.4 is 0 Å². The van der Waals surface area contributed by atoms with Crippen LogP contribution >= 0.6 is 0 Å². The van der Waals surface area contributed by atoms with Crippen LogP contribution in [0.25, 0.3) is 11.3 Å². The highest BCUT2D eigenvalue weighted by Crippen LogP contribution is 2.25. The van der Waals surface area contributed by atoms with Crippen molar-refractivity contribution >= 4 is 10.0 Å². The Morgan fingerprint density at radius 3 is 2.35 bits per heavy atom. The van der Waals surface area contributed by atoms with Crippen molar-refractivity contribution in [2.24, 2.45) is 0 Å². The molecule has 0 spiro atoms. The molecule has 0 amide bonds. The lowest BCUT2D eigenvalue weighted by Gasteiger charge is -2.15. The van der Waals surface area contributed by atoms with Gasteiger partial charge in [0.1, 0.15) is 0 Å². The van der Waals surface area contributed by atoms with E-state index in [0.29, 0.717) is 29.6 Å². The van der Waals surface area contributed by atoms with Gasteiger partial charge in [-0.15, -0.1) is 0 Å². The SMILES string of the molecule is Cc1ncc(-c2ccc(S(=O)(=O)N3CCCC3)cc2)o1. The molecule has 6 heteroatoms. The summed E-state index contributed by atoms with van der Waals surface area (Å²) < 4.78 is 31.7. The molecule has 0 radical (unpaired) electrons. The Morgan fingerprint density at radius 1 is 1.15 bits per heavy atom. The Hall–Kier alpha value is -1.66. The van der Waals surface area contributed by atoms with E-state index in [0.717, 1.165) is 18.4 Å². The molecule has 1 fully saturated rings. The Bertz CT molecular complexity index is 698. The molecule has 0 bridgehead atoms. The van der Waals surface area contributed by atoms with Crippen molar-refractivity contribution in [2.45, 2.75) is 24.7 Å². The summed E-state index contributed by atoms with van der Waals surface area (Å²) in [6.07, 6.45) is 3.52. The van der Waals surface area contributed by atoms with Crippen LogP contribution in [0.2, 0.25) is 0 Å². The molecule has 1 saturated heterocycles. The average Bonchev–Trinajstić information content (AvgIpc) is 3.10. The first kappa shape index (κ1) is 13.3. The first-order valence-electron chi connectivity index (χ1n) is 6.60. The van der Waals surface area contributed by atoms with Gasteiger partial charge < -0.3 is 4.42 Å². The second-order valence-electron chi connectivity index (χ2n) is 4.88. The Kier molecular flexibility index (Phi) is 3.35. The van der Waals surface area contributed by atoms with Gasteiger partial charge in [0.05, 0.1) is 11.1 Å². The van der Waals surface area contributed by atoms with Gasteiger partial charge in [-0.25, -0.2) is 13.4 Å². The summed E-state index contributed by atoms with van der Waals surface area (Å²) in [7, 11) is -3.35. The Labute approximate surface area is 118 Å². The van der Waals surface area contributed by atoms with E-state index in [1.54, 1.807) is 41.7 Å². The summed E-state index contributed by atoms with van der Waals surface area (Å²) in [5.74, 6) is 1.24. The van der Waals surface area contributed by atoms with Gasteiger partial charge in [0.2, 0.25) is 10.0 Å². The van der Waals surface area contributed by atoms with E-state index < -0.39 is 10.0 Å². The van der Waals surface area contributed by atoms with Gasteiger partial charge in [0, 0.05) is 25.6 Å². The molecule has 20 heavy (non-hydrogen) atoms. The second kappa shape index (κ2) is 5.03. The molecule has 0 saturated carbocycles. The first-order valence-corrected chi connectivity index (χ1v) is 8.04. The lowest BCUT2D eigenvalue weighted by molar-refractivity contribution is 0.477. The van der Waals surface area contributed by atoms with Crippen LogP contribution in [0.4, 0.5) is 0 Å².